The molecule has 2 atom stereocenters. The zero-order chi connectivity index (χ0) is 15.7. The first-order valence-corrected chi connectivity index (χ1v) is 8.64. The summed E-state index contributed by atoms with van der Waals surface area (Å²) in [6, 6.07) is 9.89. The minimum Gasteiger partial charge on any atom is -0.463 e. The van der Waals surface area contributed by atoms with Crippen molar-refractivity contribution in [3.8, 4) is 0 Å². The van der Waals surface area contributed by atoms with E-state index in [2.05, 4.69) is 6.92 Å². The monoisotopic (exact) mass is 308 g/mol. The van der Waals surface area contributed by atoms with Crippen molar-refractivity contribution in [1.29, 1.82) is 0 Å². The topological polar surface area (TPSA) is 43.4 Å². The van der Waals surface area contributed by atoms with Crippen LogP contribution in [0.3, 0.4) is 0 Å². The summed E-state index contributed by atoms with van der Waals surface area (Å²) in [4.78, 5) is 24.2. The van der Waals surface area contributed by atoms with Crippen molar-refractivity contribution in [3.63, 3.8) is 0 Å². The van der Waals surface area contributed by atoms with Crippen LogP contribution in [0.15, 0.2) is 30.3 Å². The molecular formula is C17H25O3P. The number of Topliss-reactive ketones (excluding diaryl/α,β-unsaturated/α-hetero) is 1. The third-order valence-corrected chi connectivity index (χ3v) is 4.56. The SMILES string of the molecule is CCCCC(=O)C(CC(=O)OC(C)C)Pc1ccccc1. The first-order chi connectivity index (χ1) is 10.0. The highest BCUT2D eigenvalue weighted by atomic mass is 31.1. The van der Waals surface area contributed by atoms with E-state index in [9.17, 15) is 9.59 Å². The van der Waals surface area contributed by atoms with Gasteiger partial charge in [-0.2, -0.15) is 0 Å². The van der Waals surface area contributed by atoms with Crippen LogP contribution < -0.4 is 5.30 Å². The van der Waals surface area contributed by atoms with Gasteiger partial charge >= 0.3 is 5.97 Å². The molecule has 0 bridgehead atoms. The van der Waals surface area contributed by atoms with Crippen molar-refractivity contribution < 1.29 is 14.3 Å². The molecule has 0 radical (unpaired) electrons. The Morgan fingerprint density at radius 1 is 1.19 bits per heavy atom. The van der Waals surface area contributed by atoms with Crippen LogP contribution in [0.2, 0.25) is 0 Å². The number of hydrogen-bond acceptors (Lipinski definition) is 3. The number of esters is 1. The fourth-order valence-corrected chi connectivity index (χ4v) is 3.35. The first-order valence-electron chi connectivity index (χ1n) is 7.56. The van der Waals surface area contributed by atoms with E-state index in [1.807, 2.05) is 44.2 Å². The molecule has 0 amide bonds. The van der Waals surface area contributed by atoms with E-state index in [-0.39, 0.29) is 29.9 Å². The normalized spacial score (nSPS) is 12.8. The van der Waals surface area contributed by atoms with E-state index in [1.54, 1.807) is 0 Å². The van der Waals surface area contributed by atoms with Gasteiger partial charge < -0.3 is 4.74 Å². The Morgan fingerprint density at radius 2 is 1.86 bits per heavy atom. The Kier molecular flexibility index (Phi) is 8.22. The summed E-state index contributed by atoms with van der Waals surface area (Å²) in [5, 5.41) is 1.12. The average molecular weight is 308 g/mol. The molecule has 1 aromatic rings. The number of unbranched alkanes of at least 4 members (excludes halogenated alkanes) is 1. The summed E-state index contributed by atoms with van der Waals surface area (Å²) in [7, 11) is 0.326. The molecule has 0 aliphatic heterocycles. The number of ether oxygens (including phenoxy) is 1. The lowest BCUT2D eigenvalue weighted by Gasteiger charge is -2.16. The molecule has 0 aliphatic carbocycles. The third kappa shape index (κ3) is 7.38. The summed E-state index contributed by atoms with van der Waals surface area (Å²) in [6.45, 7) is 5.71. The molecule has 0 N–H and O–H groups in total. The number of rotatable bonds is 9. The Balaban J connectivity index is 2.69. The van der Waals surface area contributed by atoms with Crippen LogP contribution in [0.25, 0.3) is 0 Å². The fourth-order valence-electron chi connectivity index (χ4n) is 1.98. The van der Waals surface area contributed by atoms with Crippen LogP contribution in [0.5, 0.6) is 0 Å². The second kappa shape index (κ2) is 9.68. The lowest BCUT2D eigenvalue weighted by molar-refractivity contribution is -0.148. The van der Waals surface area contributed by atoms with E-state index >= 15 is 0 Å². The zero-order valence-electron chi connectivity index (χ0n) is 13.1. The molecule has 0 heterocycles. The van der Waals surface area contributed by atoms with Gasteiger partial charge in [0.05, 0.1) is 12.5 Å². The standard InChI is InChI=1S/C17H25O3P/c1-4-5-11-15(18)16(12-17(19)20-13(2)3)21-14-9-7-6-8-10-14/h6-10,13,16,21H,4-5,11-12H2,1-3H3. The highest BCUT2D eigenvalue weighted by Gasteiger charge is 2.23. The Labute approximate surface area is 129 Å². The van der Waals surface area contributed by atoms with Gasteiger partial charge in [-0.3, -0.25) is 9.59 Å². The zero-order valence-corrected chi connectivity index (χ0v) is 14.1. The highest BCUT2D eigenvalue weighted by Crippen LogP contribution is 2.25. The molecule has 4 heteroatoms. The van der Waals surface area contributed by atoms with Crippen molar-refractivity contribution in [3.05, 3.63) is 30.3 Å². The predicted octanol–water partition coefficient (Wildman–Crippen LogP) is 3.46. The number of carbonyl (C=O) groups excluding carboxylic acids is 2. The Bertz CT molecular complexity index is 443. The molecule has 1 aromatic carbocycles. The summed E-state index contributed by atoms with van der Waals surface area (Å²) in [5.74, 6) is -0.0944. The first kappa shape index (κ1) is 17.8. The lowest BCUT2D eigenvalue weighted by atomic mass is 10.1. The van der Waals surface area contributed by atoms with E-state index in [0.29, 0.717) is 15.0 Å². The van der Waals surface area contributed by atoms with Crippen molar-refractivity contribution >= 4 is 25.6 Å². The molecule has 21 heavy (non-hydrogen) atoms. The molecule has 2 unspecified atom stereocenters. The molecular weight excluding hydrogens is 283 g/mol. The van der Waals surface area contributed by atoms with E-state index in [4.69, 9.17) is 4.74 Å². The number of carbonyl (C=O) groups is 2. The van der Waals surface area contributed by atoms with Gasteiger partial charge in [-0.1, -0.05) is 52.3 Å². The smallest absolute Gasteiger partial charge is 0.307 e. The van der Waals surface area contributed by atoms with Gasteiger partial charge in [-0.25, -0.2) is 0 Å². The van der Waals surface area contributed by atoms with Crippen LogP contribution in [-0.4, -0.2) is 23.5 Å². The molecule has 0 saturated heterocycles. The van der Waals surface area contributed by atoms with Crippen molar-refractivity contribution in [2.45, 2.75) is 58.2 Å². The number of benzene rings is 1. The molecule has 0 fully saturated rings. The second-order valence-electron chi connectivity index (χ2n) is 5.38. The second-order valence-corrected chi connectivity index (χ2v) is 6.94. The van der Waals surface area contributed by atoms with Gasteiger partial charge in [0.2, 0.25) is 0 Å². The van der Waals surface area contributed by atoms with Crippen LogP contribution in [0, 0.1) is 0 Å². The largest absolute Gasteiger partial charge is 0.463 e. The quantitative estimate of drug-likeness (QED) is 0.518. The van der Waals surface area contributed by atoms with Gasteiger partial charge in [-0.15, -0.1) is 0 Å². The molecule has 1 rings (SSSR count). The Hall–Kier alpha value is -1.21. The average Bonchev–Trinajstić information content (AvgIpc) is 2.44. The van der Waals surface area contributed by atoms with Gasteiger partial charge in [0.15, 0.2) is 0 Å². The molecule has 116 valence electrons. The van der Waals surface area contributed by atoms with Crippen LogP contribution in [-0.2, 0) is 14.3 Å². The number of hydrogen-bond donors (Lipinski definition) is 0. The van der Waals surface area contributed by atoms with E-state index in [1.165, 1.54) is 0 Å². The van der Waals surface area contributed by atoms with Crippen LogP contribution in [0.4, 0.5) is 0 Å². The molecule has 0 spiro atoms. The highest BCUT2D eigenvalue weighted by molar-refractivity contribution is 7.49. The van der Waals surface area contributed by atoms with Crippen molar-refractivity contribution in [2.75, 3.05) is 0 Å². The summed E-state index contributed by atoms with van der Waals surface area (Å²) >= 11 is 0. The summed E-state index contributed by atoms with van der Waals surface area (Å²) in [6.07, 6.45) is 2.48. The maximum absolute atomic E-state index is 12.3. The van der Waals surface area contributed by atoms with Gasteiger partial charge in [0.1, 0.15) is 5.78 Å². The minimum absolute atomic E-state index is 0.135. The van der Waals surface area contributed by atoms with Crippen molar-refractivity contribution in [2.24, 2.45) is 0 Å². The van der Waals surface area contributed by atoms with Crippen LogP contribution >= 0.6 is 8.58 Å². The van der Waals surface area contributed by atoms with Gasteiger partial charge in [0, 0.05) is 12.1 Å². The van der Waals surface area contributed by atoms with Crippen molar-refractivity contribution in [1.82, 2.24) is 0 Å². The molecule has 3 nitrogen and oxygen atoms in total. The summed E-state index contributed by atoms with van der Waals surface area (Å²) < 4.78 is 5.19. The van der Waals surface area contributed by atoms with E-state index in [0.717, 1.165) is 18.1 Å². The fraction of sp³-hybridized carbons (Fsp3) is 0.529. The van der Waals surface area contributed by atoms with Gasteiger partial charge in [0.25, 0.3) is 0 Å². The number of ketones is 1. The summed E-state index contributed by atoms with van der Waals surface area (Å²) in [5.41, 5.74) is -0.245. The minimum atomic E-state index is -0.275. The predicted molar refractivity (Wildman–Crippen MR) is 88.6 cm³/mol. The molecule has 0 aromatic heterocycles. The molecule has 0 aliphatic rings. The third-order valence-electron chi connectivity index (χ3n) is 3.02. The Morgan fingerprint density at radius 3 is 2.43 bits per heavy atom. The maximum Gasteiger partial charge on any atom is 0.307 e. The maximum atomic E-state index is 12.3. The van der Waals surface area contributed by atoms with Crippen LogP contribution in [0.1, 0.15) is 46.5 Å². The lowest BCUT2D eigenvalue weighted by Crippen LogP contribution is -2.24. The van der Waals surface area contributed by atoms with Gasteiger partial charge in [-0.05, 0) is 25.6 Å². The van der Waals surface area contributed by atoms with E-state index < -0.39 is 0 Å². The molecule has 0 saturated carbocycles.